The third-order valence-corrected chi connectivity index (χ3v) is 2.73. The molecule has 0 radical (unpaired) electrons. The van der Waals surface area contributed by atoms with Crippen LogP contribution in [-0.4, -0.2) is 12.1 Å². The SMILES string of the molecule is O=C(N/N=C\c1c(F)cccc1Cl)c1ccccc1. The fraction of sp³-hybridized carbons (Fsp3) is 0. The summed E-state index contributed by atoms with van der Waals surface area (Å²) in [6.45, 7) is 0. The van der Waals surface area contributed by atoms with Gasteiger partial charge in [-0.05, 0) is 24.3 Å². The highest BCUT2D eigenvalue weighted by Gasteiger charge is 2.05. The summed E-state index contributed by atoms with van der Waals surface area (Å²) in [7, 11) is 0. The normalized spacial score (nSPS) is 10.6. The second-order valence-corrected chi connectivity index (χ2v) is 4.11. The van der Waals surface area contributed by atoms with Crippen molar-refractivity contribution in [2.45, 2.75) is 0 Å². The molecule has 0 aliphatic heterocycles. The largest absolute Gasteiger partial charge is 0.271 e. The van der Waals surface area contributed by atoms with Gasteiger partial charge in [0.2, 0.25) is 0 Å². The van der Waals surface area contributed by atoms with Crippen LogP contribution in [0.2, 0.25) is 5.02 Å². The van der Waals surface area contributed by atoms with Gasteiger partial charge in [-0.3, -0.25) is 4.79 Å². The van der Waals surface area contributed by atoms with Crippen LogP contribution in [0.3, 0.4) is 0 Å². The fourth-order valence-electron chi connectivity index (χ4n) is 1.44. The second kappa shape index (κ2) is 6.11. The molecule has 0 spiro atoms. The van der Waals surface area contributed by atoms with Gasteiger partial charge in [0, 0.05) is 11.1 Å². The molecule has 1 N–H and O–H groups in total. The highest BCUT2D eigenvalue weighted by molar-refractivity contribution is 6.33. The molecule has 0 saturated carbocycles. The Hall–Kier alpha value is -2.20. The van der Waals surface area contributed by atoms with Gasteiger partial charge < -0.3 is 0 Å². The Bertz CT molecular complexity index is 594. The van der Waals surface area contributed by atoms with Crippen molar-refractivity contribution in [1.29, 1.82) is 0 Å². The van der Waals surface area contributed by atoms with Crippen molar-refractivity contribution in [3.8, 4) is 0 Å². The lowest BCUT2D eigenvalue weighted by atomic mass is 10.2. The van der Waals surface area contributed by atoms with Crippen molar-refractivity contribution in [3.63, 3.8) is 0 Å². The Morgan fingerprint density at radius 2 is 1.89 bits per heavy atom. The molecule has 1 amide bonds. The average Bonchev–Trinajstić information content (AvgIpc) is 2.43. The van der Waals surface area contributed by atoms with Crippen LogP contribution in [0.25, 0.3) is 0 Å². The molecule has 0 aromatic heterocycles. The summed E-state index contributed by atoms with van der Waals surface area (Å²) in [5, 5.41) is 3.92. The van der Waals surface area contributed by atoms with Gasteiger partial charge in [-0.2, -0.15) is 5.10 Å². The highest BCUT2D eigenvalue weighted by atomic mass is 35.5. The van der Waals surface area contributed by atoms with E-state index in [1.54, 1.807) is 36.4 Å². The molecule has 96 valence electrons. The van der Waals surface area contributed by atoms with Crippen LogP contribution in [0.15, 0.2) is 53.6 Å². The topological polar surface area (TPSA) is 41.5 Å². The van der Waals surface area contributed by atoms with Crippen LogP contribution >= 0.6 is 11.6 Å². The van der Waals surface area contributed by atoms with Gasteiger partial charge in [-0.15, -0.1) is 0 Å². The van der Waals surface area contributed by atoms with Crippen LogP contribution in [0.1, 0.15) is 15.9 Å². The summed E-state index contributed by atoms with van der Waals surface area (Å²) in [5.41, 5.74) is 2.92. The predicted octanol–water partition coefficient (Wildman–Crippen LogP) is 3.24. The summed E-state index contributed by atoms with van der Waals surface area (Å²) in [4.78, 5) is 11.7. The first-order valence-corrected chi connectivity index (χ1v) is 5.89. The Labute approximate surface area is 114 Å². The van der Waals surface area contributed by atoms with E-state index in [4.69, 9.17) is 11.6 Å². The number of halogens is 2. The molecule has 2 rings (SSSR count). The van der Waals surface area contributed by atoms with E-state index in [0.717, 1.165) is 0 Å². The minimum absolute atomic E-state index is 0.137. The zero-order chi connectivity index (χ0) is 13.7. The molecule has 0 aliphatic rings. The van der Waals surface area contributed by atoms with E-state index in [-0.39, 0.29) is 16.5 Å². The van der Waals surface area contributed by atoms with Gasteiger partial charge in [-0.25, -0.2) is 9.82 Å². The maximum absolute atomic E-state index is 13.4. The monoisotopic (exact) mass is 276 g/mol. The molecule has 0 aliphatic carbocycles. The Kier molecular flexibility index (Phi) is 4.26. The lowest BCUT2D eigenvalue weighted by Gasteiger charge is -2.00. The Balaban J connectivity index is 2.07. The third-order valence-electron chi connectivity index (χ3n) is 2.40. The average molecular weight is 277 g/mol. The van der Waals surface area contributed by atoms with Crippen LogP contribution in [0.4, 0.5) is 4.39 Å². The highest BCUT2D eigenvalue weighted by Crippen LogP contribution is 2.16. The fourth-order valence-corrected chi connectivity index (χ4v) is 1.66. The number of carbonyl (C=O) groups excluding carboxylic acids is 1. The summed E-state index contributed by atoms with van der Waals surface area (Å²) in [6, 6.07) is 12.9. The summed E-state index contributed by atoms with van der Waals surface area (Å²) >= 11 is 5.82. The van der Waals surface area contributed by atoms with Gasteiger partial charge in [0.25, 0.3) is 5.91 Å². The molecular weight excluding hydrogens is 267 g/mol. The molecule has 0 saturated heterocycles. The number of rotatable bonds is 3. The molecular formula is C14H10ClFN2O. The molecule has 0 heterocycles. The van der Waals surface area contributed by atoms with E-state index in [0.29, 0.717) is 5.56 Å². The molecule has 0 fully saturated rings. The molecule has 19 heavy (non-hydrogen) atoms. The molecule has 0 bridgehead atoms. The van der Waals surface area contributed by atoms with Gasteiger partial charge >= 0.3 is 0 Å². The Morgan fingerprint density at radius 1 is 1.16 bits per heavy atom. The van der Waals surface area contributed by atoms with Crippen LogP contribution in [0.5, 0.6) is 0 Å². The Morgan fingerprint density at radius 3 is 2.58 bits per heavy atom. The smallest absolute Gasteiger partial charge is 0.267 e. The van der Waals surface area contributed by atoms with E-state index in [1.807, 2.05) is 0 Å². The van der Waals surface area contributed by atoms with E-state index < -0.39 is 5.82 Å². The van der Waals surface area contributed by atoms with Crippen molar-refractivity contribution in [1.82, 2.24) is 5.43 Å². The van der Waals surface area contributed by atoms with Gasteiger partial charge in [0.1, 0.15) is 5.82 Å². The maximum atomic E-state index is 13.4. The molecule has 3 nitrogen and oxygen atoms in total. The van der Waals surface area contributed by atoms with Gasteiger partial charge in [0.05, 0.1) is 11.2 Å². The molecule has 5 heteroatoms. The van der Waals surface area contributed by atoms with Gasteiger partial charge in [0.15, 0.2) is 0 Å². The van der Waals surface area contributed by atoms with Crippen molar-refractivity contribution in [2.75, 3.05) is 0 Å². The number of nitrogens with one attached hydrogen (secondary N) is 1. The van der Waals surface area contributed by atoms with Crippen LogP contribution in [-0.2, 0) is 0 Å². The molecule has 0 unspecified atom stereocenters. The lowest BCUT2D eigenvalue weighted by Crippen LogP contribution is -2.17. The summed E-state index contributed by atoms with van der Waals surface area (Å²) < 4.78 is 13.4. The minimum atomic E-state index is -0.495. The van der Waals surface area contributed by atoms with Crippen molar-refractivity contribution in [2.24, 2.45) is 5.10 Å². The molecule has 2 aromatic carbocycles. The molecule has 0 atom stereocenters. The third kappa shape index (κ3) is 3.39. The van der Waals surface area contributed by atoms with Crippen molar-refractivity contribution >= 4 is 23.7 Å². The van der Waals surface area contributed by atoms with Gasteiger partial charge in [-0.1, -0.05) is 35.9 Å². The van der Waals surface area contributed by atoms with Crippen molar-refractivity contribution in [3.05, 3.63) is 70.5 Å². The number of nitrogens with zero attached hydrogens (tertiary/aromatic N) is 1. The maximum Gasteiger partial charge on any atom is 0.271 e. The first-order chi connectivity index (χ1) is 9.18. The zero-order valence-electron chi connectivity index (χ0n) is 9.81. The number of hydrazone groups is 1. The first-order valence-electron chi connectivity index (χ1n) is 5.51. The first kappa shape index (κ1) is 13.2. The number of benzene rings is 2. The van der Waals surface area contributed by atoms with E-state index in [1.165, 1.54) is 18.3 Å². The standard InChI is InChI=1S/C14H10ClFN2O/c15-12-7-4-8-13(16)11(12)9-17-18-14(19)10-5-2-1-3-6-10/h1-9H,(H,18,19)/b17-9-. The number of carbonyl (C=O) groups is 1. The summed E-state index contributed by atoms with van der Waals surface area (Å²) in [6.07, 6.45) is 1.18. The van der Waals surface area contributed by atoms with E-state index in [2.05, 4.69) is 10.5 Å². The van der Waals surface area contributed by atoms with Crippen molar-refractivity contribution < 1.29 is 9.18 Å². The van der Waals surface area contributed by atoms with E-state index >= 15 is 0 Å². The summed E-state index contributed by atoms with van der Waals surface area (Å²) in [5.74, 6) is -0.866. The zero-order valence-corrected chi connectivity index (χ0v) is 10.6. The minimum Gasteiger partial charge on any atom is -0.267 e. The van der Waals surface area contributed by atoms with Crippen LogP contribution in [0, 0.1) is 5.82 Å². The van der Waals surface area contributed by atoms with E-state index in [9.17, 15) is 9.18 Å². The van der Waals surface area contributed by atoms with Crippen LogP contribution < -0.4 is 5.43 Å². The lowest BCUT2D eigenvalue weighted by molar-refractivity contribution is 0.0955. The number of amides is 1. The number of hydrogen-bond donors (Lipinski definition) is 1. The number of hydrogen-bond acceptors (Lipinski definition) is 2. The predicted molar refractivity (Wildman–Crippen MR) is 72.9 cm³/mol. The second-order valence-electron chi connectivity index (χ2n) is 3.70. The quantitative estimate of drug-likeness (QED) is 0.679. The molecule has 2 aromatic rings.